The lowest BCUT2D eigenvalue weighted by Crippen LogP contribution is -2.14. The van der Waals surface area contributed by atoms with Crippen molar-refractivity contribution in [2.24, 2.45) is 0 Å². The Labute approximate surface area is 111 Å². The first-order valence-corrected chi connectivity index (χ1v) is 7.15. The number of rotatable bonds is 5. The molecule has 0 saturated heterocycles. The molecule has 0 bridgehead atoms. The van der Waals surface area contributed by atoms with Crippen LogP contribution in [0.15, 0.2) is 35.0 Å². The summed E-state index contributed by atoms with van der Waals surface area (Å²) in [5.41, 5.74) is 3.80. The molecule has 17 heavy (non-hydrogen) atoms. The molecule has 0 aliphatic heterocycles. The Bertz CT molecular complexity index is 465. The summed E-state index contributed by atoms with van der Waals surface area (Å²) < 4.78 is 0. The molecule has 2 aromatic rings. The summed E-state index contributed by atoms with van der Waals surface area (Å²) in [7, 11) is 0. The van der Waals surface area contributed by atoms with Gasteiger partial charge in [-0.2, -0.15) is 11.3 Å². The summed E-state index contributed by atoms with van der Waals surface area (Å²) in [5.74, 6) is 0. The molecule has 90 valence electrons. The number of benzene rings is 1. The van der Waals surface area contributed by atoms with E-state index in [-0.39, 0.29) is 0 Å². The Kier molecular flexibility index (Phi) is 4.60. The van der Waals surface area contributed by atoms with Gasteiger partial charge in [-0.1, -0.05) is 24.6 Å². The van der Waals surface area contributed by atoms with Gasteiger partial charge in [0.05, 0.1) is 0 Å². The zero-order chi connectivity index (χ0) is 12.1. The third-order valence-electron chi connectivity index (χ3n) is 2.65. The average Bonchev–Trinajstić information content (AvgIpc) is 2.85. The van der Waals surface area contributed by atoms with Crippen LogP contribution in [0.25, 0.3) is 11.1 Å². The molecular formula is C14H16ClNS. The summed E-state index contributed by atoms with van der Waals surface area (Å²) in [4.78, 5) is 0. The van der Waals surface area contributed by atoms with Crippen LogP contribution in [0.5, 0.6) is 0 Å². The molecule has 1 nitrogen and oxygen atoms in total. The minimum Gasteiger partial charge on any atom is -0.313 e. The van der Waals surface area contributed by atoms with E-state index in [1.165, 1.54) is 16.7 Å². The SMILES string of the molecule is CCCNCc1ccc(Cl)cc1-c1ccsc1. The lowest BCUT2D eigenvalue weighted by atomic mass is 10.0. The Morgan fingerprint density at radius 1 is 1.29 bits per heavy atom. The van der Waals surface area contributed by atoms with Crippen LogP contribution in [-0.2, 0) is 6.54 Å². The molecule has 3 heteroatoms. The van der Waals surface area contributed by atoms with Crippen molar-refractivity contribution in [2.75, 3.05) is 6.54 Å². The first-order chi connectivity index (χ1) is 8.31. The van der Waals surface area contributed by atoms with Gasteiger partial charge in [0, 0.05) is 11.6 Å². The lowest BCUT2D eigenvalue weighted by molar-refractivity contribution is 0.676. The van der Waals surface area contributed by atoms with Crippen LogP contribution in [0.2, 0.25) is 5.02 Å². The average molecular weight is 266 g/mol. The second kappa shape index (κ2) is 6.20. The minimum atomic E-state index is 0.797. The van der Waals surface area contributed by atoms with Crippen molar-refractivity contribution in [3.63, 3.8) is 0 Å². The Morgan fingerprint density at radius 2 is 2.18 bits per heavy atom. The van der Waals surface area contributed by atoms with Gasteiger partial charge >= 0.3 is 0 Å². The molecule has 0 atom stereocenters. The molecular weight excluding hydrogens is 250 g/mol. The van der Waals surface area contributed by atoms with Gasteiger partial charge in [-0.3, -0.25) is 0 Å². The van der Waals surface area contributed by atoms with E-state index < -0.39 is 0 Å². The van der Waals surface area contributed by atoms with Crippen molar-refractivity contribution in [2.45, 2.75) is 19.9 Å². The minimum absolute atomic E-state index is 0.797. The van der Waals surface area contributed by atoms with Gasteiger partial charge in [-0.05, 0) is 58.6 Å². The molecule has 1 N–H and O–H groups in total. The summed E-state index contributed by atoms with van der Waals surface area (Å²) in [6.45, 7) is 4.12. The van der Waals surface area contributed by atoms with Gasteiger partial charge < -0.3 is 5.32 Å². The van der Waals surface area contributed by atoms with E-state index in [2.05, 4.69) is 35.1 Å². The maximum Gasteiger partial charge on any atom is 0.0412 e. The van der Waals surface area contributed by atoms with Crippen molar-refractivity contribution in [1.82, 2.24) is 5.32 Å². The van der Waals surface area contributed by atoms with Crippen LogP contribution in [0, 0.1) is 0 Å². The molecule has 1 heterocycles. The van der Waals surface area contributed by atoms with Gasteiger partial charge in [-0.25, -0.2) is 0 Å². The van der Waals surface area contributed by atoms with E-state index in [9.17, 15) is 0 Å². The predicted octanol–water partition coefficient (Wildman–Crippen LogP) is 4.57. The molecule has 0 aliphatic rings. The third-order valence-corrected chi connectivity index (χ3v) is 3.56. The fourth-order valence-corrected chi connectivity index (χ4v) is 2.62. The second-order valence-electron chi connectivity index (χ2n) is 3.99. The quantitative estimate of drug-likeness (QED) is 0.781. The number of thiophene rings is 1. The van der Waals surface area contributed by atoms with Gasteiger partial charge in [0.15, 0.2) is 0 Å². The van der Waals surface area contributed by atoms with Crippen LogP contribution < -0.4 is 5.32 Å². The Balaban J connectivity index is 2.25. The predicted molar refractivity (Wildman–Crippen MR) is 76.8 cm³/mol. The number of nitrogens with one attached hydrogen (secondary N) is 1. The summed E-state index contributed by atoms with van der Waals surface area (Å²) in [5, 5.41) is 8.49. The monoisotopic (exact) mass is 265 g/mol. The normalized spacial score (nSPS) is 10.7. The van der Waals surface area contributed by atoms with E-state index in [0.717, 1.165) is 24.5 Å². The highest BCUT2D eigenvalue weighted by Gasteiger charge is 2.06. The van der Waals surface area contributed by atoms with Gasteiger partial charge in [-0.15, -0.1) is 0 Å². The van der Waals surface area contributed by atoms with Crippen molar-refractivity contribution >= 4 is 22.9 Å². The van der Waals surface area contributed by atoms with Crippen molar-refractivity contribution in [3.05, 3.63) is 45.6 Å². The lowest BCUT2D eigenvalue weighted by Gasteiger charge is -2.10. The Hall–Kier alpha value is -0.830. The molecule has 0 fully saturated rings. The van der Waals surface area contributed by atoms with Crippen LogP contribution in [0.3, 0.4) is 0 Å². The summed E-state index contributed by atoms with van der Waals surface area (Å²) in [6.07, 6.45) is 1.15. The van der Waals surface area contributed by atoms with Gasteiger partial charge in [0.1, 0.15) is 0 Å². The highest BCUT2D eigenvalue weighted by atomic mass is 35.5. The highest BCUT2D eigenvalue weighted by molar-refractivity contribution is 7.08. The topological polar surface area (TPSA) is 12.0 Å². The fourth-order valence-electron chi connectivity index (χ4n) is 1.79. The highest BCUT2D eigenvalue weighted by Crippen LogP contribution is 2.28. The third kappa shape index (κ3) is 3.32. The molecule has 0 unspecified atom stereocenters. The fraction of sp³-hybridized carbons (Fsp3) is 0.286. The molecule has 0 aliphatic carbocycles. The number of halogens is 1. The maximum atomic E-state index is 6.08. The van der Waals surface area contributed by atoms with Crippen LogP contribution >= 0.6 is 22.9 Å². The molecule has 0 radical (unpaired) electrons. The zero-order valence-electron chi connectivity index (χ0n) is 9.87. The standard InChI is InChI=1S/C14H16ClNS/c1-2-6-16-9-11-3-4-13(15)8-14(11)12-5-7-17-10-12/h3-5,7-8,10,16H,2,6,9H2,1H3. The number of hydrogen-bond acceptors (Lipinski definition) is 2. The zero-order valence-corrected chi connectivity index (χ0v) is 11.4. The molecule has 0 spiro atoms. The summed E-state index contributed by atoms with van der Waals surface area (Å²) in [6, 6.07) is 8.25. The van der Waals surface area contributed by atoms with Gasteiger partial charge in [0.25, 0.3) is 0 Å². The van der Waals surface area contributed by atoms with E-state index in [1.54, 1.807) is 11.3 Å². The van der Waals surface area contributed by atoms with E-state index in [1.807, 2.05) is 12.1 Å². The molecule has 0 saturated carbocycles. The second-order valence-corrected chi connectivity index (χ2v) is 5.21. The van der Waals surface area contributed by atoms with E-state index in [4.69, 9.17) is 11.6 Å². The van der Waals surface area contributed by atoms with Gasteiger partial charge in [0.2, 0.25) is 0 Å². The van der Waals surface area contributed by atoms with E-state index in [0.29, 0.717) is 0 Å². The van der Waals surface area contributed by atoms with Crippen LogP contribution in [0.1, 0.15) is 18.9 Å². The van der Waals surface area contributed by atoms with Crippen molar-refractivity contribution in [1.29, 1.82) is 0 Å². The first kappa shape index (κ1) is 12.6. The Morgan fingerprint density at radius 3 is 2.88 bits per heavy atom. The first-order valence-electron chi connectivity index (χ1n) is 5.83. The smallest absolute Gasteiger partial charge is 0.0412 e. The largest absolute Gasteiger partial charge is 0.313 e. The number of hydrogen-bond donors (Lipinski definition) is 1. The van der Waals surface area contributed by atoms with Crippen molar-refractivity contribution < 1.29 is 0 Å². The van der Waals surface area contributed by atoms with Crippen LogP contribution in [0.4, 0.5) is 0 Å². The molecule has 1 aromatic carbocycles. The molecule has 1 aromatic heterocycles. The van der Waals surface area contributed by atoms with Crippen LogP contribution in [-0.4, -0.2) is 6.54 Å². The van der Waals surface area contributed by atoms with E-state index >= 15 is 0 Å². The van der Waals surface area contributed by atoms with Crippen molar-refractivity contribution in [3.8, 4) is 11.1 Å². The maximum absolute atomic E-state index is 6.08. The molecule has 2 rings (SSSR count). The molecule has 0 amide bonds. The summed E-state index contributed by atoms with van der Waals surface area (Å²) >= 11 is 7.79.